The standard InChI is InChI=1S/C17H20N4O3/c1-20(15-4-3-5-19-16(15)23-2)17(22)13-10-14(12-18-11-13)21-6-8-24-9-7-21/h3-5,10-12H,6-9H2,1-2H3. The maximum absolute atomic E-state index is 12.8. The van der Waals surface area contributed by atoms with Crippen molar-refractivity contribution in [3.05, 3.63) is 42.4 Å². The van der Waals surface area contributed by atoms with E-state index in [-0.39, 0.29) is 5.91 Å². The van der Waals surface area contributed by atoms with Crippen molar-refractivity contribution in [3.8, 4) is 5.88 Å². The zero-order valence-electron chi connectivity index (χ0n) is 13.8. The van der Waals surface area contributed by atoms with Crippen LogP contribution in [0.2, 0.25) is 0 Å². The molecule has 0 aromatic carbocycles. The fourth-order valence-corrected chi connectivity index (χ4v) is 2.64. The number of rotatable bonds is 4. The van der Waals surface area contributed by atoms with E-state index in [1.54, 1.807) is 37.8 Å². The molecule has 0 spiro atoms. The molecule has 1 aliphatic rings. The van der Waals surface area contributed by atoms with Gasteiger partial charge in [-0.25, -0.2) is 4.98 Å². The van der Waals surface area contributed by atoms with Gasteiger partial charge in [0.15, 0.2) is 0 Å². The van der Waals surface area contributed by atoms with Gasteiger partial charge in [0, 0.05) is 32.5 Å². The third-order valence-corrected chi connectivity index (χ3v) is 3.96. The van der Waals surface area contributed by atoms with E-state index >= 15 is 0 Å². The molecule has 1 fully saturated rings. The van der Waals surface area contributed by atoms with Crippen LogP contribution >= 0.6 is 0 Å². The van der Waals surface area contributed by atoms with Crippen LogP contribution in [-0.2, 0) is 4.74 Å². The third-order valence-electron chi connectivity index (χ3n) is 3.96. The van der Waals surface area contributed by atoms with Crippen molar-refractivity contribution in [3.63, 3.8) is 0 Å². The number of anilines is 2. The van der Waals surface area contributed by atoms with Crippen molar-refractivity contribution in [2.75, 3.05) is 50.3 Å². The van der Waals surface area contributed by atoms with E-state index in [9.17, 15) is 4.79 Å². The van der Waals surface area contributed by atoms with Crippen molar-refractivity contribution >= 4 is 17.3 Å². The highest BCUT2D eigenvalue weighted by Gasteiger charge is 2.19. The van der Waals surface area contributed by atoms with Gasteiger partial charge in [-0.05, 0) is 18.2 Å². The van der Waals surface area contributed by atoms with Crippen molar-refractivity contribution in [1.82, 2.24) is 9.97 Å². The van der Waals surface area contributed by atoms with Crippen molar-refractivity contribution < 1.29 is 14.3 Å². The average Bonchev–Trinajstić information content (AvgIpc) is 2.67. The zero-order chi connectivity index (χ0) is 16.9. The summed E-state index contributed by atoms with van der Waals surface area (Å²) >= 11 is 0. The number of pyridine rings is 2. The first-order chi connectivity index (χ1) is 11.7. The molecule has 1 aliphatic heterocycles. The Morgan fingerprint density at radius 2 is 2.12 bits per heavy atom. The van der Waals surface area contributed by atoms with Gasteiger partial charge in [-0.1, -0.05) is 0 Å². The second kappa shape index (κ2) is 7.27. The molecule has 0 unspecified atom stereocenters. The van der Waals surface area contributed by atoms with Crippen LogP contribution in [0.15, 0.2) is 36.8 Å². The first-order valence-electron chi connectivity index (χ1n) is 7.75. The van der Waals surface area contributed by atoms with Gasteiger partial charge in [-0.3, -0.25) is 9.78 Å². The highest BCUT2D eigenvalue weighted by atomic mass is 16.5. The Balaban J connectivity index is 1.84. The molecular formula is C17H20N4O3. The molecule has 0 bridgehead atoms. The SMILES string of the molecule is COc1ncccc1N(C)C(=O)c1cncc(N2CCOCC2)c1. The number of nitrogens with zero attached hydrogens (tertiary/aromatic N) is 4. The molecule has 126 valence electrons. The first kappa shape index (κ1) is 16.2. The summed E-state index contributed by atoms with van der Waals surface area (Å²) in [6.07, 6.45) is 4.97. The summed E-state index contributed by atoms with van der Waals surface area (Å²) in [6.45, 7) is 2.97. The van der Waals surface area contributed by atoms with Gasteiger partial charge in [0.1, 0.15) is 5.69 Å². The Bertz CT molecular complexity index is 716. The topological polar surface area (TPSA) is 67.8 Å². The smallest absolute Gasteiger partial charge is 0.259 e. The van der Waals surface area contributed by atoms with Crippen LogP contribution in [-0.4, -0.2) is 56.3 Å². The van der Waals surface area contributed by atoms with Crippen LogP contribution in [0.4, 0.5) is 11.4 Å². The quantitative estimate of drug-likeness (QED) is 0.849. The normalized spacial score (nSPS) is 14.3. The molecule has 7 nitrogen and oxygen atoms in total. The zero-order valence-corrected chi connectivity index (χ0v) is 13.8. The summed E-state index contributed by atoms with van der Waals surface area (Å²) in [4.78, 5) is 24.8. The molecular weight excluding hydrogens is 308 g/mol. The number of aromatic nitrogens is 2. The summed E-state index contributed by atoms with van der Waals surface area (Å²) in [5.74, 6) is 0.245. The van der Waals surface area contributed by atoms with Crippen molar-refractivity contribution in [1.29, 1.82) is 0 Å². The summed E-state index contributed by atoms with van der Waals surface area (Å²) in [6, 6.07) is 5.42. The van der Waals surface area contributed by atoms with Gasteiger partial charge in [0.2, 0.25) is 5.88 Å². The van der Waals surface area contributed by atoms with Gasteiger partial charge in [-0.2, -0.15) is 0 Å². The van der Waals surface area contributed by atoms with Crippen LogP contribution in [0.5, 0.6) is 5.88 Å². The lowest BCUT2D eigenvalue weighted by Gasteiger charge is -2.29. The highest BCUT2D eigenvalue weighted by molar-refractivity contribution is 6.06. The molecule has 0 atom stereocenters. The van der Waals surface area contributed by atoms with Gasteiger partial charge in [0.25, 0.3) is 5.91 Å². The second-order valence-electron chi connectivity index (χ2n) is 5.43. The fourth-order valence-electron chi connectivity index (χ4n) is 2.64. The van der Waals surface area contributed by atoms with Crippen LogP contribution in [0.3, 0.4) is 0 Å². The molecule has 0 aliphatic carbocycles. The maximum Gasteiger partial charge on any atom is 0.259 e. The Kier molecular flexibility index (Phi) is 4.90. The number of hydrogen-bond acceptors (Lipinski definition) is 6. The number of ether oxygens (including phenoxy) is 2. The monoisotopic (exact) mass is 328 g/mol. The Labute approximate surface area is 140 Å². The van der Waals surface area contributed by atoms with E-state index in [0.717, 1.165) is 18.8 Å². The predicted molar refractivity (Wildman–Crippen MR) is 90.8 cm³/mol. The van der Waals surface area contributed by atoms with E-state index in [0.29, 0.717) is 30.3 Å². The molecule has 0 saturated carbocycles. The second-order valence-corrected chi connectivity index (χ2v) is 5.43. The minimum atomic E-state index is -0.163. The largest absolute Gasteiger partial charge is 0.480 e. The molecule has 0 N–H and O–H groups in total. The summed E-state index contributed by atoms with van der Waals surface area (Å²) in [7, 11) is 3.23. The lowest BCUT2D eigenvalue weighted by Crippen LogP contribution is -2.36. The number of carbonyl (C=O) groups is 1. The maximum atomic E-state index is 12.8. The molecule has 3 rings (SSSR count). The van der Waals surface area contributed by atoms with Gasteiger partial charge in [-0.15, -0.1) is 0 Å². The van der Waals surface area contributed by atoms with Crippen molar-refractivity contribution in [2.45, 2.75) is 0 Å². The number of amides is 1. The number of carbonyl (C=O) groups excluding carboxylic acids is 1. The van der Waals surface area contributed by atoms with Gasteiger partial charge >= 0.3 is 0 Å². The van der Waals surface area contributed by atoms with Crippen LogP contribution in [0, 0.1) is 0 Å². The van der Waals surface area contributed by atoms with E-state index in [1.165, 1.54) is 12.0 Å². The van der Waals surface area contributed by atoms with Crippen LogP contribution < -0.4 is 14.5 Å². The first-order valence-corrected chi connectivity index (χ1v) is 7.75. The lowest BCUT2D eigenvalue weighted by molar-refractivity contribution is 0.0992. The summed E-state index contributed by atoms with van der Waals surface area (Å²) in [5.41, 5.74) is 2.06. The van der Waals surface area contributed by atoms with E-state index in [2.05, 4.69) is 14.9 Å². The van der Waals surface area contributed by atoms with Crippen molar-refractivity contribution in [2.24, 2.45) is 0 Å². The molecule has 0 radical (unpaired) electrons. The fraction of sp³-hybridized carbons (Fsp3) is 0.353. The molecule has 7 heteroatoms. The Morgan fingerprint density at radius 1 is 1.33 bits per heavy atom. The van der Waals surface area contributed by atoms with E-state index in [4.69, 9.17) is 9.47 Å². The molecule has 1 amide bonds. The minimum absolute atomic E-state index is 0.163. The number of hydrogen-bond donors (Lipinski definition) is 0. The predicted octanol–water partition coefficient (Wildman–Crippen LogP) is 1.60. The average molecular weight is 328 g/mol. The summed E-state index contributed by atoms with van der Waals surface area (Å²) < 4.78 is 10.6. The number of methoxy groups -OCH3 is 1. The van der Waals surface area contributed by atoms with Gasteiger partial charge < -0.3 is 19.3 Å². The Hall–Kier alpha value is -2.67. The van der Waals surface area contributed by atoms with Gasteiger partial charge in [0.05, 0.1) is 37.8 Å². The van der Waals surface area contributed by atoms with E-state index < -0.39 is 0 Å². The molecule has 24 heavy (non-hydrogen) atoms. The highest BCUT2D eigenvalue weighted by Crippen LogP contribution is 2.26. The number of morpholine rings is 1. The molecule has 3 heterocycles. The molecule has 2 aromatic heterocycles. The summed E-state index contributed by atoms with van der Waals surface area (Å²) in [5, 5.41) is 0. The third kappa shape index (κ3) is 3.30. The minimum Gasteiger partial charge on any atom is -0.480 e. The van der Waals surface area contributed by atoms with Crippen LogP contribution in [0.1, 0.15) is 10.4 Å². The van der Waals surface area contributed by atoms with E-state index in [1.807, 2.05) is 6.07 Å². The lowest BCUT2D eigenvalue weighted by atomic mass is 10.2. The molecule has 1 saturated heterocycles. The molecule has 2 aromatic rings. The van der Waals surface area contributed by atoms with Crippen LogP contribution in [0.25, 0.3) is 0 Å². The Morgan fingerprint density at radius 3 is 2.88 bits per heavy atom.